The number of anilines is 1. The van der Waals surface area contributed by atoms with Crippen LogP contribution in [0.15, 0.2) is 31.0 Å². The monoisotopic (exact) mass is 379 g/mol. The van der Waals surface area contributed by atoms with Gasteiger partial charge in [-0.2, -0.15) is 0 Å². The summed E-state index contributed by atoms with van der Waals surface area (Å²) < 4.78 is 0. The molecule has 0 radical (unpaired) electrons. The second-order valence-corrected chi connectivity index (χ2v) is 8.08. The van der Waals surface area contributed by atoms with E-state index in [0.717, 1.165) is 47.7 Å². The van der Waals surface area contributed by atoms with Crippen molar-refractivity contribution in [3.63, 3.8) is 0 Å². The maximum absolute atomic E-state index is 5.17. The predicted molar refractivity (Wildman–Crippen MR) is 122 cm³/mol. The van der Waals surface area contributed by atoms with Crippen molar-refractivity contribution in [1.29, 1.82) is 0 Å². The Morgan fingerprint density at radius 2 is 1.75 bits per heavy atom. The van der Waals surface area contributed by atoms with Crippen LogP contribution >= 0.6 is 0 Å². The van der Waals surface area contributed by atoms with Gasteiger partial charge in [-0.25, -0.2) is 4.98 Å². The number of aryl methyl sites for hydroxylation is 2. The molecule has 0 saturated heterocycles. The Labute approximate surface area is 171 Å². The molecular weight excluding hydrogens is 342 g/mol. The standard InChI is InChI=1S/C25H37N3/c1-9-18(7)15-20-16-19(10-2)24(27-25(20)28(8)12-4)21-13-14-23(17(5)6)26-22(21)11-3/h12-14,16-18H,4,9-11,15H2,1-3,5-8H3/t18-/m1/s1. The molecule has 0 amide bonds. The van der Waals surface area contributed by atoms with E-state index in [-0.39, 0.29) is 0 Å². The molecule has 0 saturated carbocycles. The average Bonchev–Trinajstić information content (AvgIpc) is 2.72. The topological polar surface area (TPSA) is 29.0 Å². The van der Waals surface area contributed by atoms with Crippen LogP contribution in [0.25, 0.3) is 11.3 Å². The van der Waals surface area contributed by atoms with E-state index < -0.39 is 0 Å². The number of rotatable bonds is 9. The summed E-state index contributed by atoms with van der Waals surface area (Å²) in [5, 5.41) is 0. The Morgan fingerprint density at radius 3 is 2.29 bits per heavy atom. The van der Waals surface area contributed by atoms with E-state index in [1.54, 1.807) is 0 Å². The first kappa shape index (κ1) is 22.1. The third-order valence-corrected chi connectivity index (χ3v) is 5.59. The smallest absolute Gasteiger partial charge is 0.136 e. The normalized spacial score (nSPS) is 12.3. The molecule has 2 rings (SSSR count). The van der Waals surface area contributed by atoms with Crippen LogP contribution in [0.2, 0.25) is 0 Å². The quantitative estimate of drug-likeness (QED) is 0.494. The highest BCUT2D eigenvalue weighted by Crippen LogP contribution is 2.32. The number of aromatic nitrogens is 2. The molecule has 0 N–H and O–H groups in total. The number of pyridine rings is 2. The zero-order valence-corrected chi connectivity index (χ0v) is 18.8. The van der Waals surface area contributed by atoms with E-state index >= 15 is 0 Å². The lowest BCUT2D eigenvalue weighted by molar-refractivity contribution is 0.559. The van der Waals surface area contributed by atoms with Crippen molar-refractivity contribution in [3.8, 4) is 11.3 Å². The van der Waals surface area contributed by atoms with Crippen molar-refractivity contribution in [3.05, 3.63) is 53.5 Å². The molecule has 0 unspecified atom stereocenters. The van der Waals surface area contributed by atoms with Gasteiger partial charge in [-0.15, -0.1) is 0 Å². The van der Waals surface area contributed by atoms with Crippen LogP contribution in [-0.2, 0) is 19.3 Å². The maximum atomic E-state index is 5.17. The van der Waals surface area contributed by atoms with Gasteiger partial charge in [0, 0.05) is 24.0 Å². The first-order valence-corrected chi connectivity index (χ1v) is 10.7. The minimum Gasteiger partial charge on any atom is -0.336 e. The fraction of sp³-hybridized carbons (Fsp3) is 0.520. The average molecular weight is 380 g/mol. The summed E-state index contributed by atoms with van der Waals surface area (Å²) in [4.78, 5) is 12.2. The molecule has 0 bridgehead atoms. The van der Waals surface area contributed by atoms with Gasteiger partial charge in [0.1, 0.15) is 5.82 Å². The Hall–Kier alpha value is -2.16. The van der Waals surface area contributed by atoms with Crippen molar-refractivity contribution in [2.45, 2.75) is 73.1 Å². The molecular formula is C25H37N3. The van der Waals surface area contributed by atoms with Crippen molar-refractivity contribution in [1.82, 2.24) is 9.97 Å². The van der Waals surface area contributed by atoms with Crippen molar-refractivity contribution in [2.75, 3.05) is 11.9 Å². The van der Waals surface area contributed by atoms with Crippen LogP contribution in [0.4, 0.5) is 5.82 Å². The summed E-state index contributed by atoms with van der Waals surface area (Å²) in [5.41, 5.74) is 7.12. The molecule has 0 aliphatic carbocycles. The number of hydrogen-bond acceptors (Lipinski definition) is 3. The summed E-state index contributed by atoms with van der Waals surface area (Å²) in [7, 11) is 2.03. The highest BCUT2D eigenvalue weighted by Gasteiger charge is 2.18. The molecule has 28 heavy (non-hydrogen) atoms. The molecule has 2 aromatic heterocycles. The van der Waals surface area contributed by atoms with Gasteiger partial charge in [0.2, 0.25) is 0 Å². The van der Waals surface area contributed by atoms with Crippen LogP contribution in [0, 0.1) is 5.92 Å². The maximum Gasteiger partial charge on any atom is 0.136 e. The molecule has 3 nitrogen and oxygen atoms in total. The lowest BCUT2D eigenvalue weighted by Gasteiger charge is -2.23. The Bertz CT molecular complexity index is 808. The van der Waals surface area contributed by atoms with Gasteiger partial charge in [0.05, 0.1) is 5.69 Å². The van der Waals surface area contributed by atoms with Crippen molar-refractivity contribution >= 4 is 5.82 Å². The van der Waals surface area contributed by atoms with E-state index in [2.05, 4.69) is 66.3 Å². The Morgan fingerprint density at radius 1 is 1.04 bits per heavy atom. The van der Waals surface area contributed by atoms with Crippen LogP contribution < -0.4 is 4.90 Å². The largest absolute Gasteiger partial charge is 0.336 e. The molecule has 0 aromatic carbocycles. The van der Waals surface area contributed by atoms with Gasteiger partial charge in [0.15, 0.2) is 0 Å². The minimum absolute atomic E-state index is 0.429. The third-order valence-electron chi connectivity index (χ3n) is 5.59. The fourth-order valence-corrected chi connectivity index (χ4v) is 3.48. The van der Waals surface area contributed by atoms with Crippen LogP contribution in [0.3, 0.4) is 0 Å². The first-order valence-electron chi connectivity index (χ1n) is 10.7. The van der Waals surface area contributed by atoms with Gasteiger partial charge in [-0.3, -0.25) is 4.98 Å². The van der Waals surface area contributed by atoms with Gasteiger partial charge >= 0.3 is 0 Å². The van der Waals surface area contributed by atoms with E-state index in [0.29, 0.717) is 11.8 Å². The van der Waals surface area contributed by atoms with E-state index in [1.165, 1.54) is 17.5 Å². The van der Waals surface area contributed by atoms with Crippen LogP contribution in [-0.4, -0.2) is 17.0 Å². The van der Waals surface area contributed by atoms with E-state index in [9.17, 15) is 0 Å². The molecule has 1 atom stereocenters. The highest BCUT2D eigenvalue weighted by atomic mass is 15.1. The van der Waals surface area contributed by atoms with E-state index in [4.69, 9.17) is 9.97 Å². The van der Waals surface area contributed by atoms with Gasteiger partial charge < -0.3 is 4.90 Å². The van der Waals surface area contributed by atoms with E-state index in [1.807, 2.05) is 18.1 Å². The van der Waals surface area contributed by atoms with Crippen LogP contribution in [0.1, 0.15) is 76.4 Å². The second-order valence-electron chi connectivity index (χ2n) is 8.08. The van der Waals surface area contributed by atoms with Crippen LogP contribution in [0.5, 0.6) is 0 Å². The second kappa shape index (κ2) is 9.86. The van der Waals surface area contributed by atoms with Gasteiger partial charge in [0.25, 0.3) is 0 Å². The molecule has 0 aliphatic heterocycles. The summed E-state index contributed by atoms with van der Waals surface area (Å²) in [6, 6.07) is 6.73. The first-order chi connectivity index (χ1) is 13.4. The SMILES string of the molecule is C=CN(C)c1nc(-c2ccc(C(C)C)nc2CC)c(CC)cc1C[C@H](C)CC. The summed E-state index contributed by atoms with van der Waals surface area (Å²) in [6.07, 6.45) is 5.92. The highest BCUT2D eigenvalue weighted by molar-refractivity contribution is 5.70. The molecule has 152 valence electrons. The van der Waals surface area contributed by atoms with Gasteiger partial charge in [-0.1, -0.05) is 54.5 Å². The molecule has 0 aliphatic rings. The number of hydrogen-bond donors (Lipinski definition) is 0. The Kier molecular flexibility index (Phi) is 7.79. The fourth-order valence-electron chi connectivity index (χ4n) is 3.48. The zero-order valence-electron chi connectivity index (χ0n) is 18.8. The zero-order chi connectivity index (χ0) is 20.8. The molecule has 0 fully saturated rings. The molecule has 0 spiro atoms. The van der Waals surface area contributed by atoms with Gasteiger partial charge in [-0.05, 0) is 66.6 Å². The summed E-state index contributed by atoms with van der Waals surface area (Å²) >= 11 is 0. The third kappa shape index (κ3) is 4.81. The lowest BCUT2D eigenvalue weighted by atomic mass is 9.94. The minimum atomic E-state index is 0.429. The Balaban J connectivity index is 2.68. The molecule has 2 aromatic rings. The lowest BCUT2D eigenvalue weighted by Crippen LogP contribution is -2.15. The molecule has 3 heteroatoms. The molecule has 2 heterocycles. The predicted octanol–water partition coefficient (Wildman–Crippen LogP) is 6.56. The number of nitrogens with zero attached hydrogens (tertiary/aromatic N) is 3. The summed E-state index contributed by atoms with van der Waals surface area (Å²) in [6.45, 7) is 17.3. The van der Waals surface area contributed by atoms with Crippen molar-refractivity contribution < 1.29 is 0 Å². The summed E-state index contributed by atoms with van der Waals surface area (Å²) in [5.74, 6) is 2.07. The van der Waals surface area contributed by atoms with Crippen molar-refractivity contribution in [2.24, 2.45) is 5.92 Å².